The van der Waals surface area contributed by atoms with Gasteiger partial charge in [0.1, 0.15) is 11.5 Å². The molecule has 0 fully saturated rings. The van der Waals surface area contributed by atoms with E-state index in [-0.39, 0.29) is 0 Å². The van der Waals surface area contributed by atoms with Gasteiger partial charge in [0.05, 0.1) is 0 Å². The van der Waals surface area contributed by atoms with Crippen LogP contribution in [0.3, 0.4) is 0 Å². The van der Waals surface area contributed by atoms with Crippen molar-refractivity contribution in [2.45, 2.75) is 0 Å². The summed E-state index contributed by atoms with van der Waals surface area (Å²) >= 11 is 0. The van der Waals surface area contributed by atoms with Gasteiger partial charge in [-0.1, -0.05) is 109 Å². The molecule has 0 atom stereocenters. The highest BCUT2D eigenvalue weighted by Crippen LogP contribution is 2.34. The minimum absolute atomic E-state index is 0.329. The van der Waals surface area contributed by atoms with Gasteiger partial charge < -0.3 is 10.2 Å². The molecule has 0 aliphatic carbocycles. The van der Waals surface area contributed by atoms with Crippen LogP contribution in [0.4, 0.5) is 0 Å². The molecule has 2 heteroatoms. The summed E-state index contributed by atoms with van der Waals surface area (Å²) < 4.78 is 0. The molecular formula is C32H24O2. The van der Waals surface area contributed by atoms with E-state index in [0.717, 1.165) is 43.8 Å². The average molecular weight is 441 g/mol. The zero-order valence-electron chi connectivity index (χ0n) is 18.6. The van der Waals surface area contributed by atoms with Gasteiger partial charge in [-0.15, -0.1) is 0 Å². The van der Waals surface area contributed by atoms with Crippen molar-refractivity contribution in [1.29, 1.82) is 0 Å². The normalized spacial score (nSPS) is 10.6. The highest BCUT2D eigenvalue weighted by atomic mass is 16.3. The zero-order chi connectivity index (χ0) is 23.3. The van der Waals surface area contributed by atoms with Crippen molar-refractivity contribution in [2.75, 3.05) is 0 Å². The SMILES string of the molecule is Oc1cc2ccccc2cc1-c1ccccc1.Oc1cc2ccccc2cc1-c1ccccc1. The van der Waals surface area contributed by atoms with E-state index >= 15 is 0 Å². The highest BCUT2D eigenvalue weighted by Gasteiger charge is 2.06. The largest absolute Gasteiger partial charge is 0.507 e. The first-order valence-corrected chi connectivity index (χ1v) is 11.2. The fourth-order valence-corrected chi connectivity index (χ4v) is 4.15. The molecule has 164 valence electrons. The van der Waals surface area contributed by atoms with E-state index in [2.05, 4.69) is 12.1 Å². The second-order valence-corrected chi connectivity index (χ2v) is 8.17. The summed E-state index contributed by atoms with van der Waals surface area (Å²) in [4.78, 5) is 0. The van der Waals surface area contributed by atoms with Crippen molar-refractivity contribution in [2.24, 2.45) is 0 Å². The molecule has 34 heavy (non-hydrogen) atoms. The van der Waals surface area contributed by atoms with Gasteiger partial charge in [0.2, 0.25) is 0 Å². The molecule has 0 amide bonds. The summed E-state index contributed by atoms with van der Waals surface area (Å²) in [5.41, 5.74) is 3.83. The van der Waals surface area contributed by atoms with Crippen LogP contribution in [0.15, 0.2) is 133 Å². The third-order valence-corrected chi connectivity index (χ3v) is 5.90. The Bertz CT molecular complexity index is 1430. The van der Waals surface area contributed by atoms with Crippen LogP contribution in [0.1, 0.15) is 0 Å². The van der Waals surface area contributed by atoms with E-state index < -0.39 is 0 Å². The van der Waals surface area contributed by atoms with Crippen molar-refractivity contribution in [3.05, 3.63) is 133 Å². The second-order valence-electron chi connectivity index (χ2n) is 8.17. The van der Waals surface area contributed by atoms with E-state index in [1.807, 2.05) is 121 Å². The molecule has 0 heterocycles. The first kappa shape index (κ1) is 21.3. The average Bonchev–Trinajstić information content (AvgIpc) is 2.89. The second kappa shape index (κ2) is 9.51. The first-order valence-electron chi connectivity index (χ1n) is 11.2. The van der Waals surface area contributed by atoms with Gasteiger partial charge >= 0.3 is 0 Å². The van der Waals surface area contributed by atoms with Crippen LogP contribution in [0.25, 0.3) is 43.8 Å². The monoisotopic (exact) mass is 440 g/mol. The number of aromatic hydroxyl groups is 2. The Morgan fingerprint density at radius 2 is 0.618 bits per heavy atom. The number of phenols is 2. The molecule has 0 bridgehead atoms. The lowest BCUT2D eigenvalue weighted by Crippen LogP contribution is -1.80. The van der Waals surface area contributed by atoms with Crippen molar-refractivity contribution in [3.8, 4) is 33.8 Å². The van der Waals surface area contributed by atoms with E-state index in [9.17, 15) is 10.2 Å². The van der Waals surface area contributed by atoms with Gasteiger partial charge in [-0.3, -0.25) is 0 Å². The molecule has 6 rings (SSSR count). The maximum absolute atomic E-state index is 10.1. The number of fused-ring (bicyclic) bond motifs is 2. The van der Waals surface area contributed by atoms with E-state index in [0.29, 0.717) is 11.5 Å². The number of benzene rings is 6. The Labute approximate surface area is 199 Å². The Morgan fingerprint density at radius 1 is 0.324 bits per heavy atom. The Morgan fingerprint density at radius 3 is 0.971 bits per heavy atom. The van der Waals surface area contributed by atoms with Crippen LogP contribution >= 0.6 is 0 Å². The van der Waals surface area contributed by atoms with Crippen molar-refractivity contribution in [3.63, 3.8) is 0 Å². The standard InChI is InChI=1S/2C16H12O/c2*17-16-11-14-9-5-4-8-13(14)10-15(16)12-6-2-1-3-7-12/h2*1-11,17H. The zero-order valence-corrected chi connectivity index (χ0v) is 18.6. The lowest BCUT2D eigenvalue weighted by Gasteiger charge is -2.07. The van der Waals surface area contributed by atoms with Crippen molar-refractivity contribution < 1.29 is 10.2 Å². The quantitative estimate of drug-likeness (QED) is 0.284. The lowest BCUT2D eigenvalue weighted by atomic mass is 10.0. The number of rotatable bonds is 2. The molecule has 0 saturated heterocycles. The molecule has 0 spiro atoms. The van der Waals surface area contributed by atoms with Crippen molar-refractivity contribution in [1.82, 2.24) is 0 Å². The summed E-state index contributed by atoms with van der Waals surface area (Å²) in [7, 11) is 0. The van der Waals surface area contributed by atoms with Crippen LogP contribution in [0, 0.1) is 0 Å². The summed E-state index contributed by atoms with van der Waals surface area (Å²) in [6.07, 6.45) is 0. The predicted octanol–water partition coefficient (Wildman–Crippen LogP) is 8.42. The fraction of sp³-hybridized carbons (Fsp3) is 0. The molecule has 6 aromatic carbocycles. The minimum Gasteiger partial charge on any atom is -0.507 e. The molecule has 6 aromatic rings. The third-order valence-electron chi connectivity index (χ3n) is 5.90. The highest BCUT2D eigenvalue weighted by molar-refractivity contribution is 5.91. The summed E-state index contributed by atoms with van der Waals surface area (Å²) in [6, 6.07) is 43.6. The molecule has 0 radical (unpaired) electrons. The van der Waals surface area contributed by atoms with Crippen molar-refractivity contribution >= 4 is 21.5 Å². The Balaban J connectivity index is 0.000000142. The van der Waals surface area contributed by atoms with Crippen LogP contribution in [0.2, 0.25) is 0 Å². The van der Waals surface area contributed by atoms with Crippen LogP contribution in [-0.4, -0.2) is 10.2 Å². The van der Waals surface area contributed by atoms with Crippen LogP contribution in [-0.2, 0) is 0 Å². The van der Waals surface area contributed by atoms with Crippen LogP contribution in [0.5, 0.6) is 11.5 Å². The molecule has 0 aromatic heterocycles. The summed E-state index contributed by atoms with van der Waals surface area (Å²) in [5, 5.41) is 24.5. The van der Waals surface area contributed by atoms with Crippen LogP contribution < -0.4 is 0 Å². The smallest absolute Gasteiger partial charge is 0.124 e. The molecule has 0 unspecified atom stereocenters. The minimum atomic E-state index is 0.329. The molecule has 2 nitrogen and oxygen atoms in total. The number of hydrogen-bond donors (Lipinski definition) is 2. The third kappa shape index (κ3) is 4.48. The van der Waals surface area contributed by atoms with Gasteiger partial charge in [-0.2, -0.15) is 0 Å². The maximum atomic E-state index is 10.1. The van der Waals surface area contributed by atoms with Gasteiger partial charge in [-0.05, 0) is 56.9 Å². The molecule has 0 saturated carbocycles. The number of hydrogen-bond acceptors (Lipinski definition) is 2. The summed E-state index contributed by atoms with van der Waals surface area (Å²) in [5.74, 6) is 0.657. The predicted molar refractivity (Wildman–Crippen MR) is 142 cm³/mol. The molecule has 0 aliphatic rings. The molecule has 2 N–H and O–H groups in total. The van der Waals surface area contributed by atoms with Gasteiger partial charge in [0, 0.05) is 11.1 Å². The molecule has 0 aliphatic heterocycles. The van der Waals surface area contributed by atoms with Gasteiger partial charge in [0.15, 0.2) is 0 Å². The lowest BCUT2D eigenvalue weighted by molar-refractivity contribution is 0.477. The van der Waals surface area contributed by atoms with E-state index in [1.165, 1.54) is 0 Å². The number of phenolic OH excluding ortho intramolecular Hbond substituents is 2. The summed E-state index contributed by atoms with van der Waals surface area (Å²) in [6.45, 7) is 0. The fourth-order valence-electron chi connectivity index (χ4n) is 4.15. The maximum Gasteiger partial charge on any atom is 0.124 e. The van der Waals surface area contributed by atoms with E-state index in [4.69, 9.17) is 0 Å². The Hall–Kier alpha value is -4.56. The first-order chi connectivity index (χ1) is 16.7. The van der Waals surface area contributed by atoms with Gasteiger partial charge in [-0.25, -0.2) is 0 Å². The van der Waals surface area contributed by atoms with Gasteiger partial charge in [0.25, 0.3) is 0 Å². The topological polar surface area (TPSA) is 40.5 Å². The van der Waals surface area contributed by atoms with E-state index in [1.54, 1.807) is 0 Å². The Kier molecular flexibility index (Phi) is 5.96. The molecular weight excluding hydrogens is 416 g/mol.